The molecule has 11 heteroatoms. The minimum Gasteiger partial charge on any atom is -0.383 e. The maximum Gasteiger partial charge on any atom is 0.234 e. The van der Waals surface area contributed by atoms with E-state index in [-0.39, 0.29) is 5.82 Å². The Bertz CT molecular complexity index is 2020. The average molecular weight is 594 g/mol. The molecule has 222 valence electrons. The molecular formula is C34H31N11. The van der Waals surface area contributed by atoms with Crippen molar-refractivity contribution in [2.45, 2.75) is 32.4 Å². The lowest BCUT2D eigenvalue weighted by Gasteiger charge is -2.32. The lowest BCUT2D eigenvalue weighted by atomic mass is 10.0. The minimum absolute atomic E-state index is 0.181. The van der Waals surface area contributed by atoms with Crippen LogP contribution in [0.3, 0.4) is 0 Å². The highest BCUT2D eigenvalue weighted by Crippen LogP contribution is 2.32. The van der Waals surface area contributed by atoms with Crippen molar-refractivity contribution in [3.8, 4) is 34.4 Å². The van der Waals surface area contributed by atoms with Crippen molar-refractivity contribution in [2.75, 3.05) is 24.1 Å². The molecule has 0 radical (unpaired) electrons. The predicted octanol–water partition coefficient (Wildman–Crippen LogP) is 5.17. The van der Waals surface area contributed by atoms with Crippen molar-refractivity contribution in [1.29, 1.82) is 5.26 Å². The molecule has 0 aliphatic carbocycles. The van der Waals surface area contributed by atoms with Crippen molar-refractivity contribution in [2.24, 2.45) is 0 Å². The van der Waals surface area contributed by atoms with Gasteiger partial charge in [0.1, 0.15) is 23.2 Å². The van der Waals surface area contributed by atoms with Crippen molar-refractivity contribution in [3.05, 3.63) is 102 Å². The van der Waals surface area contributed by atoms with E-state index in [2.05, 4.69) is 59.0 Å². The lowest BCUT2D eigenvalue weighted by molar-refractivity contribution is 0.211. The largest absolute Gasteiger partial charge is 0.383 e. The molecule has 1 aromatic carbocycles. The molecule has 11 nitrogen and oxygen atoms in total. The Morgan fingerprint density at radius 3 is 2.51 bits per heavy atom. The van der Waals surface area contributed by atoms with Crippen molar-refractivity contribution in [1.82, 2.24) is 39.4 Å². The highest BCUT2D eigenvalue weighted by atomic mass is 15.2. The van der Waals surface area contributed by atoms with E-state index in [0.29, 0.717) is 23.5 Å². The number of aryl methyl sites for hydroxylation is 1. The zero-order valence-corrected chi connectivity index (χ0v) is 24.8. The highest BCUT2D eigenvalue weighted by Gasteiger charge is 2.21. The SMILES string of the molecule is Cc1cc(-c2ccc3nc(-c4cccnc4N)n(-c4ccc(CN5CCC(Nc6ccnc(C#N)n6)CC5)cc4)c3n2)ccn1. The second-order valence-corrected chi connectivity index (χ2v) is 11.2. The number of hydrogen-bond donors (Lipinski definition) is 2. The van der Waals surface area contributed by atoms with Crippen LogP contribution >= 0.6 is 0 Å². The molecule has 0 unspecified atom stereocenters. The Hall–Kier alpha value is -5.73. The summed E-state index contributed by atoms with van der Waals surface area (Å²) in [6, 6.07) is 24.5. The standard InChI is InChI=1S/C34H31N11/c1-22-19-24(10-15-37-22)28-8-9-29-34(41-28)45(33(42-29)27-3-2-14-39-32(27)36)26-6-4-23(5-7-26)21-44-17-12-25(13-18-44)40-30-11-16-38-31(20-35)43-30/h2-11,14-16,19,25H,12-13,17-18,21H2,1H3,(H2,36,39)(H,38,40,43). The fourth-order valence-corrected chi connectivity index (χ4v) is 5.80. The number of nitrogens with two attached hydrogens (primary N) is 1. The van der Waals surface area contributed by atoms with Crippen LogP contribution in [-0.2, 0) is 6.54 Å². The van der Waals surface area contributed by atoms with Gasteiger partial charge in [-0.3, -0.25) is 14.5 Å². The van der Waals surface area contributed by atoms with Gasteiger partial charge >= 0.3 is 0 Å². The first-order chi connectivity index (χ1) is 22.0. The summed E-state index contributed by atoms with van der Waals surface area (Å²) < 4.78 is 2.06. The van der Waals surface area contributed by atoms with E-state index in [1.165, 1.54) is 5.56 Å². The maximum absolute atomic E-state index is 9.07. The van der Waals surface area contributed by atoms with Gasteiger partial charge in [-0.25, -0.2) is 24.9 Å². The fraction of sp³-hybridized carbons (Fsp3) is 0.206. The van der Waals surface area contributed by atoms with Crippen LogP contribution in [0.15, 0.2) is 85.3 Å². The number of benzene rings is 1. The molecule has 0 spiro atoms. The van der Waals surface area contributed by atoms with Crippen LogP contribution in [0.1, 0.15) is 29.9 Å². The number of nitrogens with zero attached hydrogens (tertiary/aromatic N) is 9. The Morgan fingerprint density at radius 2 is 1.73 bits per heavy atom. The first-order valence-electron chi connectivity index (χ1n) is 14.9. The van der Waals surface area contributed by atoms with E-state index in [1.54, 1.807) is 18.6 Å². The van der Waals surface area contributed by atoms with Gasteiger partial charge < -0.3 is 11.1 Å². The molecule has 0 atom stereocenters. The van der Waals surface area contributed by atoms with Gasteiger partial charge in [-0.15, -0.1) is 0 Å². The maximum atomic E-state index is 9.07. The van der Waals surface area contributed by atoms with Gasteiger partial charge in [0.2, 0.25) is 5.82 Å². The molecule has 5 aromatic heterocycles. The molecule has 6 heterocycles. The number of pyridine rings is 3. The van der Waals surface area contributed by atoms with Crippen LogP contribution in [-0.4, -0.2) is 58.5 Å². The van der Waals surface area contributed by atoms with E-state index in [9.17, 15) is 0 Å². The molecule has 1 fully saturated rings. The zero-order chi connectivity index (χ0) is 30.8. The molecule has 1 aliphatic heterocycles. The molecule has 6 aromatic rings. The Balaban J connectivity index is 1.13. The summed E-state index contributed by atoms with van der Waals surface area (Å²) in [5.41, 5.74) is 13.6. The number of fused-ring (bicyclic) bond motifs is 1. The second-order valence-electron chi connectivity index (χ2n) is 11.2. The molecule has 0 amide bonds. The number of imidazole rings is 1. The molecule has 45 heavy (non-hydrogen) atoms. The van der Waals surface area contributed by atoms with E-state index in [1.807, 2.05) is 55.5 Å². The monoisotopic (exact) mass is 593 g/mol. The number of aromatic nitrogens is 7. The molecule has 1 saturated heterocycles. The molecule has 1 aliphatic rings. The Labute approximate surface area is 260 Å². The van der Waals surface area contributed by atoms with Crippen LogP contribution in [0.25, 0.3) is 39.5 Å². The topological polar surface area (TPSA) is 147 Å². The Morgan fingerprint density at radius 1 is 0.911 bits per heavy atom. The third-order valence-electron chi connectivity index (χ3n) is 8.07. The van der Waals surface area contributed by atoms with Crippen molar-refractivity contribution >= 4 is 22.8 Å². The summed E-state index contributed by atoms with van der Waals surface area (Å²) in [4.78, 5) is 29.4. The summed E-state index contributed by atoms with van der Waals surface area (Å²) in [6.07, 6.45) is 7.08. The van der Waals surface area contributed by atoms with Gasteiger partial charge in [-0.2, -0.15) is 5.26 Å². The number of piperidine rings is 1. The van der Waals surface area contributed by atoms with E-state index in [0.717, 1.165) is 71.8 Å². The number of nitrogens with one attached hydrogen (secondary N) is 1. The first kappa shape index (κ1) is 28.1. The van der Waals surface area contributed by atoms with Gasteiger partial charge in [0.15, 0.2) is 11.5 Å². The van der Waals surface area contributed by atoms with Gasteiger partial charge in [-0.05, 0) is 79.9 Å². The number of rotatable bonds is 7. The average Bonchev–Trinajstić information content (AvgIpc) is 3.45. The highest BCUT2D eigenvalue weighted by molar-refractivity contribution is 5.84. The number of nitrogen functional groups attached to an aromatic ring is 1. The fourth-order valence-electron chi connectivity index (χ4n) is 5.80. The van der Waals surface area contributed by atoms with Gasteiger partial charge in [0.05, 0.1) is 11.3 Å². The van der Waals surface area contributed by atoms with Crippen LogP contribution in [0, 0.1) is 18.3 Å². The second kappa shape index (κ2) is 12.1. The van der Waals surface area contributed by atoms with Crippen LogP contribution in [0.5, 0.6) is 0 Å². The van der Waals surface area contributed by atoms with E-state index >= 15 is 0 Å². The molecule has 0 bridgehead atoms. The summed E-state index contributed by atoms with van der Waals surface area (Å²) >= 11 is 0. The number of likely N-dealkylation sites (tertiary alicyclic amines) is 1. The Kier molecular flexibility index (Phi) is 7.55. The predicted molar refractivity (Wildman–Crippen MR) is 173 cm³/mol. The summed E-state index contributed by atoms with van der Waals surface area (Å²) in [7, 11) is 0. The smallest absolute Gasteiger partial charge is 0.234 e. The third-order valence-corrected chi connectivity index (χ3v) is 8.07. The van der Waals surface area contributed by atoms with Crippen molar-refractivity contribution in [3.63, 3.8) is 0 Å². The van der Waals surface area contributed by atoms with Crippen LogP contribution < -0.4 is 11.1 Å². The van der Waals surface area contributed by atoms with Gasteiger partial charge in [-0.1, -0.05) is 12.1 Å². The van der Waals surface area contributed by atoms with Gasteiger partial charge in [0, 0.05) is 61.2 Å². The van der Waals surface area contributed by atoms with E-state index < -0.39 is 0 Å². The number of hydrogen-bond acceptors (Lipinski definition) is 10. The minimum atomic E-state index is 0.181. The zero-order valence-electron chi connectivity index (χ0n) is 24.8. The van der Waals surface area contributed by atoms with Crippen LogP contribution in [0.2, 0.25) is 0 Å². The molecule has 7 rings (SSSR count). The summed E-state index contributed by atoms with van der Waals surface area (Å²) in [5, 5.41) is 12.5. The van der Waals surface area contributed by atoms with Gasteiger partial charge in [0.25, 0.3) is 0 Å². The lowest BCUT2D eigenvalue weighted by Crippen LogP contribution is -2.38. The molecule has 3 N–H and O–H groups in total. The summed E-state index contributed by atoms with van der Waals surface area (Å²) in [6.45, 7) is 4.76. The van der Waals surface area contributed by atoms with Crippen molar-refractivity contribution < 1.29 is 0 Å². The molecular weight excluding hydrogens is 562 g/mol. The van der Waals surface area contributed by atoms with E-state index in [4.69, 9.17) is 21.0 Å². The normalized spacial score (nSPS) is 14.0. The first-order valence-corrected chi connectivity index (χ1v) is 14.9. The number of anilines is 2. The van der Waals surface area contributed by atoms with Crippen LogP contribution in [0.4, 0.5) is 11.6 Å². The summed E-state index contributed by atoms with van der Waals surface area (Å²) in [5.74, 6) is 1.99. The third kappa shape index (κ3) is 5.91. The number of nitriles is 1. The molecule has 0 saturated carbocycles. The quantitative estimate of drug-likeness (QED) is 0.254.